The van der Waals surface area contributed by atoms with Gasteiger partial charge in [0.2, 0.25) is 11.9 Å². The fourth-order valence-corrected chi connectivity index (χ4v) is 2.64. The SMILES string of the molecule is CCc1c(C)nn(CC(=O)NCCNc2nc(C)cc(=O)[nH]2)c1C. The second kappa shape index (κ2) is 7.76. The molecule has 0 unspecified atom stereocenters. The van der Waals surface area contributed by atoms with Crippen molar-refractivity contribution in [2.75, 3.05) is 18.4 Å². The van der Waals surface area contributed by atoms with Crippen LogP contribution >= 0.6 is 0 Å². The van der Waals surface area contributed by atoms with E-state index in [0.29, 0.717) is 24.7 Å². The van der Waals surface area contributed by atoms with Crippen LogP contribution in [0.25, 0.3) is 0 Å². The van der Waals surface area contributed by atoms with E-state index in [1.54, 1.807) is 11.6 Å². The van der Waals surface area contributed by atoms with Gasteiger partial charge in [0.25, 0.3) is 5.56 Å². The highest BCUT2D eigenvalue weighted by molar-refractivity contribution is 5.75. The molecule has 0 aliphatic rings. The average Bonchev–Trinajstić information content (AvgIpc) is 2.76. The summed E-state index contributed by atoms with van der Waals surface area (Å²) in [5.74, 6) is 0.302. The maximum atomic E-state index is 12.0. The Balaban J connectivity index is 1.80. The number of rotatable bonds is 7. The number of H-pyrrole nitrogens is 1. The monoisotopic (exact) mass is 332 g/mol. The van der Waals surface area contributed by atoms with Crippen LogP contribution in [0.15, 0.2) is 10.9 Å². The zero-order valence-electron chi connectivity index (χ0n) is 14.6. The molecular formula is C16H24N6O2. The Kier molecular flexibility index (Phi) is 5.73. The summed E-state index contributed by atoms with van der Waals surface area (Å²) < 4.78 is 1.73. The molecule has 0 atom stereocenters. The van der Waals surface area contributed by atoms with Gasteiger partial charge < -0.3 is 10.6 Å². The van der Waals surface area contributed by atoms with Gasteiger partial charge in [-0.15, -0.1) is 0 Å². The van der Waals surface area contributed by atoms with Crippen LogP contribution in [-0.4, -0.2) is 38.7 Å². The largest absolute Gasteiger partial charge is 0.354 e. The van der Waals surface area contributed by atoms with Gasteiger partial charge in [0.1, 0.15) is 6.54 Å². The van der Waals surface area contributed by atoms with Gasteiger partial charge >= 0.3 is 0 Å². The molecule has 0 fully saturated rings. The van der Waals surface area contributed by atoms with E-state index in [0.717, 1.165) is 17.8 Å². The Bertz CT molecular complexity index is 777. The number of carbonyl (C=O) groups is 1. The molecule has 2 rings (SSSR count). The lowest BCUT2D eigenvalue weighted by Crippen LogP contribution is -2.32. The molecule has 8 heteroatoms. The number of nitrogens with one attached hydrogen (secondary N) is 3. The molecule has 0 saturated heterocycles. The lowest BCUT2D eigenvalue weighted by atomic mass is 10.1. The molecule has 3 N–H and O–H groups in total. The quantitative estimate of drug-likeness (QED) is 0.647. The molecule has 130 valence electrons. The number of aromatic nitrogens is 4. The number of hydrogen-bond acceptors (Lipinski definition) is 5. The van der Waals surface area contributed by atoms with Crippen molar-refractivity contribution in [3.8, 4) is 0 Å². The summed E-state index contributed by atoms with van der Waals surface area (Å²) in [6.07, 6.45) is 0.908. The highest BCUT2D eigenvalue weighted by Crippen LogP contribution is 2.13. The number of aromatic amines is 1. The van der Waals surface area contributed by atoms with E-state index in [2.05, 4.69) is 32.6 Å². The fourth-order valence-electron chi connectivity index (χ4n) is 2.64. The maximum absolute atomic E-state index is 12.0. The summed E-state index contributed by atoms with van der Waals surface area (Å²) >= 11 is 0. The molecule has 0 aromatic carbocycles. The fraction of sp³-hybridized carbons (Fsp3) is 0.500. The van der Waals surface area contributed by atoms with Crippen LogP contribution in [0.4, 0.5) is 5.95 Å². The summed E-state index contributed by atoms with van der Waals surface area (Å²) in [5.41, 5.74) is 3.63. The van der Waals surface area contributed by atoms with Gasteiger partial charge in [0, 0.05) is 30.5 Å². The molecule has 0 radical (unpaired) electrons. The zero-order valence-corrected chi connectivity index (χ0v) is 14.6. The first-order valence-corrected chi connectivity index (χ1v) is 8.02. The van der Waals surface area contributed by atoms with Gasteiger partial charge in [0.15, 0.2) is 0 Å². The second-order valence-electron chi connectivity index (χ2n) is 5.67. The second-order valence-corrected chi connectivity index (χ2v) is 5.67. The highest BCUT2D eigenvalue weighted by atomic mass is 16.2. The van der Waals surface area contributed by atoms with Crippen LogP contribution < -0.4 is 16.2 Å². The molecule has 2 aromatic rings. The molecule has 0 aliphatic carbocycles. The van der Waals surface area contributed by atoms with E-state index in [-0.39, 0.29) is 18.0 Å². The topological polar surface area (TPSA) is 105 Å². The summed E-state index contributed by atoms with van der Waals surface area (Å²) in [6, 6.07) is 1.42. The molecule has 1 amide bonds. The first-order chi connectivity index (χ1) is 11.4. The van der Waals surface area contributed by atoms with E-state index in [4.69, 9.17) is 0 Å². The zero-order chi connectivity index (χ0) is 17.7. The van der Waals surface area contributed by atoms with Crippen molar-refractivity contribution in [2.45, 2.75) is 40.7 Å². The minimum atomic E-state index is -0.203. The molecule has 0 aliphatic heterocycles. The van der Waals surface area contributed by atoms with Crippen molar-refractivity contribution in [2.24, 2.45) is 0 Å². The Labute approximate surface area is 140 Å². The van der Waals surface area contributed by atoms with Crippen LogP contribution in [0, 0.1) is 20.8 Å². The molecule has 2 heterocycles. The first kappa shape index (κ1) is 17.7. The normalized spacial score (nSPS) is 10.7. The third-order valence-corrected chi connectivity index (χ3v) is 3.79. The predicted octanol–water partition coefficient (Wildman–Crippen LogP) is 0.682. The highest BCUT2D eigenvalue weighted by Gasteiger charge is 2.12. The number of amides is 1. The smallest absolute Gasteiger partial charge is 0.252 e. The Morgan fingerprint density at radius 2 is 2.04 bits per heavy atom. The van der Waals surface area contributed by atoms with Gasteiger partial charge in [0.05, 0.1) is 5.69 Å². The van der Waals surface area contributed by atoms with Crippen molar-refractivity contribution in [1.29, 1.82) is 0 Å². The van der Waals surface area contributed by atoms with E-state index in [1.807, 2.05) is 13.8 Å². The number of anilines is 1. The number of carbonyl (C=O) groups excluding carboxylic acids is 1. The van der Waals surface area contributed by atoms with Gasteiger partial charge in [-0.1, -0.05) is 6.92 Å². The molecule has 0 saturated carbocycles. The van der Waals surface area contributed by atoms with Crippen molar-refractivity contribution < 1.29 is 4.79 Å². The summed E-state index contributed by atoms with van der Waals surface area (Å²) in [6.45, 7) is 8.86. The van der Waals surface area contributed by atoms with Crippen molar-refractivity contribution in [1.82, 2.24) is 25.1 Å². The van der Waals surface area contributed by atoms with Crippen molar-refractivity contribution in [3.05, 3.63) is 39.1 Å². The molecule has 0 spiro atoms. The van der Waals surface area contributed by atoms with Crippen molar-refractivity contribution >= 4 is 11.9 Å². The molecule has 2 aromatic heterocycles. The minimum Gasteiger partial charge on any atom is -0.354 e. The van der Waals surface area contributed by atoms with E-state index in [1.165, 1.54) is 11.6 Å². The van der Waals surface area contributed by atoms with E-state index < -0.39 is 0 Å². The molecule has 8 nitrogen and oxygen atoms in total. The Morgan fingerprint density at radius 3 is 2.67 bits per heavy atom. The average molecular weight is 332 g/mol. The first-order valence-electron chi connectivity index (χ1n) is 8.02. The third kappa shape index (κ3) is 4.43. The van der Waals surface area contributed by atoms with Crippen LogP contribution in [-0.2, 0) is 17.8 Å². The van der Waals surface area contributed by atoms with Gasteiger partial charge in [-0.05, 0) is 32.8 Å². The number of nitrogens with zero attached hydrogens (tertiary/aromatic N) is 3. The molecular weight excluding hydrogens is 308 g/mol. The van der Waals surface area contributed by atoms with Gasteiger partial charge in [-0.3, -0.25) is 19.3 Å². The van der Waals surface area contributed by atoms with Crippen LogP contribution in [0.5, 0.6) is 0 Å². The Hall–Kier alpha value is -2.64. The van der Waals surface area contributed by atoms with E-state index >= 15 is 0 Å². The predicted molar refractivity (Wildman–Crippen MR) is 92.2 cm³/mol. The molecule has 24 heavy (non-hydrogen) atoms. The van der Waals surface area contributed by atoms with Gasteiger partial charge in [-0.25, -0.2) is 4.98 Å². The summed E-state index contributed by atoms with van der Waals surface area (Å²) in [5, 5.41) is 10.2. The van der Waals surface area contributed by atoms with E-state index in [9.17, 15) is 9.59 Å². The Morgan fingerprint density at radius 1 is 1.29 bits per heavy atom. The number of hydrogen-bond donors (Lipinski definition) is 3. The maximum Gasteiger partial charge on any atom is 0.252 e. The number of aryl methyl sites for hydroxylation is 2. The van der Waals surface area contributed by atoms with Crippen LogP contribution in [0.1, 0.15) is 29.6 Å². The summed E-state index contributed by atoms with van der Waals surface area (Å²) in [4.78, 5) is 30.1. The van der Waals surface area contributed by atoms with Gasteiger partial charge in [-0.2, -0.15) is 5.10 Å². The standard InChI is InChI=1S/C16H24N6O2/c1-5-13-11(3)21-22(12(13)4)9-15(24)17-6-7-18-16-19-10(2)8-14(23)20-16/h8H,5-7,9H2,1-4H3,(H,17,24)(H2,18,19,20,23). The lowest BCUT2D eigenvalue weighted by Gasteiger charge is -2.08. The van der Waals surface area contributed by atoms with Crippen LogP contribution in [0.3, 0.4) is 0 Å². The summed E-state index contributed by atoms with van der Waals surface area (Å²) in [7, 11) is 0. The molecule has 0 bridgehead atoms. The van der Waals surface area contributed by atoms with Crippen LogP contribution in [0.2, 0.25) is 0 Å². The third-order valence-electron chi connectivity index (χ3n) is 3.79. The lowest BCUT2D eigenvalue weighted by molar-refractivity contribution is -0.121. The van der Waals surface area contributed by atoms with Crippen molar-refractivity contribution in [3.63, 3.8) is 0 Å². The minimum absolute atomic E-state index is 0.101.